The standard InChI is InChI=1S/C25H29Cl3N2O3/c1-15-11-19(12-16(2)24(15)28)33-14-23(31)30(13-20-21(26)9-6-10-22(20)27)17(3)25(32)29-18-7-4-5-8-18/h6,9-12,17-18H,4-5,7-8,13-14H2,1-3H3,(H,29,32)/t17-/m0/s1. The molecule has 5 nitrogen and oxygen atoms in total. The Hall–Kier alpha value is -1.95. The molecule has 2 aromatic carbocycles. The van der Waals surface area contributed by atoms with Gasteiger partial charge in [-0.05, 0) is 69.0 Å². The minimum atomic E-state index is -0.720. The number of carbonyl (C=O) groups is 2. The number of rotatable bonds is 8. The zero-order chi connectivity index (χ0) is 24.1. The van der Waals surface area contributed by atoms with Gasteiger partial charge in [-0.3, -0.25) is 9.59 Å². The Bertz CT molecular complexity index is 979. The smallest absolute Gasteiger partial charge is 0.261 e. The number of benzene rings is 2. The van der Waals surface area contributed by atoms with E-state index in [1.165, 1.54) is 4.90 Å². The maximum absolute atomic E-state index is 13.3. The molecule has 1 aliphatic rings. The van der Waals surface area contributed by atoms with Crippen LogP contribution in [0.2, 0.25) is 15.1 Å². The van der Waals surface area contributed by atoms with Gasteiger partial charge in [0, 0.05) is 33.2 Å². The maximum Gasteiger partial charge on any atom is 0.261 e. The van der Waals surface area contributed by atoms with E-state index in [9.17, 15) is 9.59 Å². The molecule has 0 saturated heterocycles. The molecule has 0 bridgehead atoms. The first kappa shape index (κ1) is 25.7. The van der Waals surface area contributed by atoms with Gasteiger partial charge < -0.3 is 15.0 Å². The van der Waals surface area contributed by atoms with Gasteiger partial charge in [0.2, 0.25) is 5.91 Å². The molecule has 1 saturated carbocycles. The number of hydrogen-bond acceptors (Lipinski definition) is 3. The molecule has 1 atom stereocenters. The summed E-state index contributed by atoms with van der Waals surface area (Å²) in [5.74, 6) is 0.00320. The molecule has 0 radical (unpaired) electrons. The average Bonchev–Trinajstić information content (AvgIpc) is 3.28. The van der Waals surface area contributed by atoms with Crippen LogP contribution in [0.5, 0.6) is 5.75 Å². The first-order valence-corrected chi connectivity index (χ1v) is 12.2. The highest BCUT2D eigenvalue weighted by Gasteiger charge is 2.29. The van der Waals surface area contributed by atoms with Crippen molar-refractivity contribution in [2.45, 2.75) is 65.1 Å². The van der Waals surface area contributed by atoms with Crippen molar-refractivity contribution >= 4 is 46.6 Å². The van der Waals surface area contributed by atoms with Crippen LogP contribution in [0.25, 0.3) is 0 Å². The molecule has 1 N–H and O–H groups in total. The number of halogens is 3. The normalized spacial score (nSPS) is 14.7. The second-order valence-electron chi connectivity index (χ2n) is 8.55. The highest BCUT2D eigenvalue weighted by molar-refractivity contribution is 6.36. The molecule has 2 amide bonds. The van der Waals surface area contributed by atoms with Crippen molar-refractivity contribution in [3.8, 4) is 5.75 Å². The molecular weight excluding hydrogens is 483 g/mol. The fourth-order valence-corrected chi connectivity index (χ4v) is 4.67. The zero-order valence-electron chi connectivity index (χ0n) is 19.1. The van der Waals surface area contributed by atoms with Crippen molar-refractivity contribution in [2.24, 2.45) is 0 Å². The quantitative estimate of drug-likeness (QED) is 0.464. The fourth-order valence-electron chi connectivity index (χ4n) is 4.05. The van der Waals surface area contributed by atoms with Crippen molar-refractivity contribution in [1.29, 1.82) is 0 Å². The van der Waals surface area contributed by atoms with Gasteiger partial charge in [0.1, 0.15) is 11.8 Å². The lowest BCUT2D eigenvalue weighted by atomic mass is 10.1. The van der Waals surface area contributed by atoms with E-state index < -0.39 is 6.04 Å². The maximum atomic E-state index is 13.3. The molecule has 0 aromatic heterocycles. The Morgan fingerprint density at radius 2 is 1.67 bits per heavy atom. The average molecular weight is 512 g/mol. The van der Waals surface area contributed by atoms with E-state index in [1.54, 1.807) is 37.3 Å². The van der Waals surface area contributed by atoms with Crippen LogP contribution in [-0.2, 0) is 16.1 Å². The fraction of sp³-hybridized carbons (Fsp3) is 0.440. The van der Waals surface area contributed by atoms with Gasteiger partial charge in [-0.1, -0.05) is 53.7 Å². The van der Waals surface area contributed by atoms with Crippen molar-refractivity contribution in [2.75, 3.05) is 6.61 Å². The van der Waals surface area contributed by atoms with E-state index in [4.69, 9.17) is 39.5 Å². The van der Waals surface area contributed by atoms with Crippen molar-refractivity contribution in [1.82, 2.24) is 10.2 Å². The molecule has 1 aliphatic carbocycles. The van der Waals surface area contributed by atoms with Crippen molar-refractivity contribution < 1.29 is 14.3 Å². The SMILES string of the molecule is Cc1cc(OCC(=O)N(Cc2c(Cl)cccc2Cl)[C@@H](C)C(=O)NC2CCCC2)cc(C)c1Cl. The number of nitrogens with one attached hydrogen (secondary N) is 1. The molecule has 2 aromatic rings. The highest BCUT2D eigenvalue weighted by atomic mass is 35.5. The van der Waals surface area contributed by atoms with E-state index in [2.05, 4.69) is 5.32 Å². The molecule has 0 aliphatic heterocycles. The van der Waals surface area contributed by atoms with Crippen molar-refractivity contribution in [3.63, 3.8) is 0 Å². The van der Waals surface area contributed by atoms with Crippen LogP contribution >= 0.6 is 34.8 Å². The van der Waals surface area contributed by atoms with Crippen LogP contribution in [0.15, 0.2) is 30.3 Å². The van der Waals surface area contributed by atoms with Crippen LogP contribution in [-0.4, -0.2) is 35.4 Å². The second-order valence-corrected chi connectivity index (χ2v) is 9.74. The summed E-state index contributed by atoms with van der Waals surface area (Å²) in [4.78, 5) is 27.7. The van der Waals surface area contributed by atoms with Gasteiger partial charge in [-0.25, -0.2) is 0 Å². The number of hydrogen-bond donors (Lipinski definition) is 1. The van der Waals surface area contributed by atoms with Crippen LogP contribution in [0.1, 0.15) is 49.3 Å². The molecule has 178 valence electrons. The van der Waals surface area contributed by atoms with Gasteiger partial charge >= 0.3 is 0 Å². The summed E-state index contributed by atoms with van der Waals surface area (Å²) in [6.07, 6.45) is 4.12. The van der Waals surface area contributed by atoms with Crippen LogP contribution < -0.4 is 10.1 Å². The third kappa shape index (κ3) is 6.56. The molecule has 3 rings (SSSR count). The van der Waals surface area contributed by atoms with Gasteiger partial charge in [0.05, 0.1) is 0 Å². The number of ether oxygens (including phenoxy) is 1. The third-order valence-corrected chi connectivity index (χ3v) is 7.34. The third-order valence-electron chi connectivity index (χ3n) is 6.03. The van der Waals surface area contributed by atoms with Gasteiger partial charge in [0.25, 0.3) is 5.91 Å². The number of nitrogens with zero attached hydrogens (tertiary/aromatic N) is 1. The highest BCUT2D eigenvalue weighted by Crippen LogP contribution is 2.28. The molecule has 0 heterocycles. The molecular formula is C25H29Cl3N2O3. The van der Waals surface area contributed by atoms with Crippen LogP contribution in [0.3, 0.4) is 0 Å². The predicted molar refractivity (Wildman–Crippen MR) is 133 cm³/mol. The Kier molecular flexibility index (Phi) is 8.91. The first-order valence-electron chi connectivity index (χ1n) is 11.1. The molecule has 1 fully saturated rings. The van der Waals surface area contributed by atoms with E-state index >= 15 is 0 Å². The van der Waals surface area contributed by atoms with Crippen LogP contribution in [0.4, 0.5) is 0 Å². The van der Waals surface area contributed by atoms with Gasteiger partial charge in [-0.15, -0.1) is 0 Å². The Morgan fingerprint density at radius 1 is 1.09 bits per heavy atom. The summed E-state index contributed by atoms with van der Waals surface area (Å²) >= 11 is 18.9. The Balaban J connectivity index is 1.79. The summed E-state index contributed by atoms with van der Waals surface area (Å²) in [7, 11) is 0. The van der Waals surface area contributed by atoms with Gasteiger partial charge in [-0.2, -0.15) is 0 Å². The summed E-state index contributed by atoms with van der Waals surface area (Å²) in [5.41, 5.74) is 2.32. The second kappa shape index (κ2) is 11.5. The van der Waals surface area contributed by atoms with Gasteiger partial charge in [0.15, 0.2) is 6.61 Å². The van der Waals surface area contributed by atoms with E-state index in [0.29, 0.717) is 26.4 Å². The summed E-state index contributed by atoms with van der Waals surface area (Å²) in [6.45, 7) is 5.34. The van der Waals surface area contributed by atoms with Crippen molar-refractivity contribution in [3.05, 3.63) is 62.1 Å². The predicted octanol–water partition coefficient (Wildman–Crippen LogP) is 6.12. The summed E-state index contributed by atoms with van der Waals surface area (Å²) < 4.78 is 5.78. The zero-order valence-corrected chi connectivity index (χ0v) is 21.4. The topological polar surface area (TPSA) is 58.6 Å². The summed E-state index contributed by atoms with van der Waals surface area (Å²) in [6, 6.07) is 8.17. The monoisotopic (exact) mass is 510 g/mol. The lowest BCUT2D eigenvalue weighted by Crippen LogP contribution is -2.50. The largest absolute Gasteiger partial charge is 0.484 e. The number of amides is 2. The lowest BCUT2D eigenvalue weighted by molar-refractivity contribution is -0.142. The van der Waals surface area contributed by atoms with Crippen LogP contribution in [0, 0.1) is 13.8 Å². The van der Waals surface area contributed by atoms with E-state index in [1.807, 2.05) is 13.8 Å². The molecule has 8 heteroatoms. The molecule has 33 heavy (non-hydrogen) atoms. The minimum absolute atomic E-state index is 0.0959. The first-order chi connectivity index (χ1) is 15.7. The molecule has 0 unspecified atom stereocenters. The minimum Gasteiger partial charge on any atom is -0.484 e. The molecule has 0 spiro atoms. The number of aryl methyl sites for hydroxylation is 2. The Morgan fingerprint density at radius 3 is 2.24 bits per heavy atom. The number of carbonyl (C=O) groups excluding carboxylic acids is 2. The Labute approximate surface area is 210 Å². The summed E-state index contributed by atoms with van der Waals surface area (Å²) in [5, 5.41) is 4.61. The lowest BCUT2D eigenvalue weighted by Gasteiger charge is -2.30. The van der Waals surface area contributed by atoms with E-state index in [-0.39, 0.29) is 31.0 Å². The van der Waals surface area contributed by atoms with E-state index in [0.717, 1.165) is 36.8 Å².